The fourth-order valence-electron chi connectivity index (χ4n) is 2.64. The molecule has 1 fully saturated rings. The maximum Gasteiger partial charge on any atom is 0.0642 e. The molecule has 1 aromatic heterocycles. The van der Waals surface area contributed by atoms with Gasteiger partial charge < -0.3 is 5.73 Å². The predicted molar refractivity (Wildman–Crippen MR) is 61.5 cm³/mol. The van der Waals surface area contributed by atoms with E-state index in [1.165, 1.54) is 12.8 Å². The van der Waals surface area contributed by atoms with Gasteiger partial charge in [0.2, 0.25) is 0 Å². The summed E-state index contributed by atoms with van der Waals surface area (Å²) in [5, 5.41) is 4.42. The van der Waals surface area contributed by atoms with E-state index >= 15 is 0 Å². The summed E-state index contributed by atoms with van der Waals surface area (Å²) in [6.45, 7) is 4.56. The average Bonchev–Trinajstić information content (AvgIpc) is 2.59. The van der Waals surface area contributed by atoms with Crippen molar-refractivity contribution in [2.45, 2.75) is 45.1 Å². The van der Waals surface area contributed by atoms with Crippen LogP contribution in [0.3, 0.4) is 0 Å². The zero-order valence-electron chi connectivity index (χ0n) is 9.95. The first-order chi connectivity index (χ1) is 6.93. The zero-order chi connectivity index (χ0) is 11.1. The molecule has 1 aliphatic rings. The standard InChI is InChI=1S/C12H21N3/c1-11(2)6-4-7-12(11,13)9-10-5-8-15(3)14-10/h5,8H,4,6-7,9,13H2,1-3H3. The van der Waals surface area contributed by atoms with Crippen LogP contribution in [0.4, 0.5) is 0 Å². The van der Waals surface area contributed by atoms with Crippen LogP contribution in [-0.2, 0) is 13.5 Å². The van der Waals surface area contributed by atoms with Crippen molar-refractivity contribution in [3.8, 4) is 0 Å². The van der Waals surface area contributed by atoms with E-state index in [1.807, 2.05) is 17.9 Å². The molecule has 1 saturated carbocycles. The van der Waals surface area contributed by atoms with Gasteiger partial charge in [-0.15, -0.1) is 0 Å². The van der Waals surface area contributed by atoms with Gasteiger partial charge in [-0.2, -0.15) is 5.10 Å². The first-order valence-corrected chi connectivity index (χ1v) is 5.70. The Hall–Kier alpha value is -0.830. The molecule has 1 aliphatic carbocycles. The number of hydrogen-bond donors (Lipinski definition) is 1. The lowest BCUT2D eigenvalue weighted by Crippen LogP contribution is -2.50. The highest BCUT2D eigenvalue weighted by Crippen LogP contribution is 2.45. The number of hydrogen-bond acceptors (Lipinski definition) is 2. The molecule has 0 saturated heterocycles. The van der Waals surface area contributed by atoms with Gasteiger partial charge in [0, 0.05) is 25.2 Å². The maximum absolute atomic E-state index is 6.53. The topological polar surface area (TPSA) is 43.8 Å². The van der Waals surface area contributed by atoms with Crippen molar-refractivity contribution in [3.63, 3.8) is 0 Å². The monoisotopic (exact) mass is 207 g/mol. The number of nitrogens with zero attached hydrogens (tertiary/aromatic N) is 2. The molecule has 15 heavy (non-hydrogen) atoms. The van der Waals surface area contributed by atoms with E-state index in [2.05, 4.69) is 25.0 Å². The highest BCUT2D eigenvalue weighted by Gasteiger charge is 2.45. The second kappa shape index (κ2) is 3.34. The smallest absolute Gasteiger partial charge is 0.0642 e. The third-order valence-electron chi connectivity index (χ3n) is 4.04. The van der Waals surface area contributed by atoms with E-state index in [0.717, 1.165) is 18.5 Å². The summed E-state index contributed by atoms with van der Waals surface area (Å²) in [6, 6.07) is 2.07. The molecule has 84 valence electrons. The molecule has 2 rings (SSSR count). The molecule has 0 radical (unpaired) electrons. The molecule has 2 N–H and O–H groups in total. The van der Waals surface area contributed by atoms with Crippen LogP contribution in [0.15, 0.2) is 12.3 Å². The molecule has 0 aliphatic heterocycles. The summed E-state index contributed by atoms with van der Waals surface area (Å²) in [5.74, 6) is 0. The van der Waals surface area contributed by atoms with Gasteiger partial charge in [-0.05, 0) is 24.3 Å². The summed E-state index contributed by atoms with van der Waals surface area (Å²) < 4.78 is 1.85. The van der Waals surface area contributed by atoms with Crippen molar-refractivity contribution < 1.29 is 0 Å². The number of rotatable bonds is 2. The van der Waals surface area contributed by atoms with E-state index in [0.29, 0.717) is 0 Å². The molecule has 1 aromatic rings. The molecule has 0 spiro atoms. The normalized spacial score (nSPS) is 29.6. The number of aryl methyl sites for hydroxylation is 1. The van der Waals surface area contributed by atoms with Gasteiger partial charge in [-0.3, -0.25) is 4.68 Å². The van der Waals surface area contributed by atoms with Gasteiger partial charge in [0.1, 0.15) is 0 Å². The minimum Gasteiger partial charge on any atom is -0.324 e. The Balaban J connectivity index is 2.17. The van der Waals surface area contributed by atoms with E-state index in [1.54, 1.807) is 0 Å². The molecule has 0 bridgehead atoms. The average molecular weight is 207 g/mol. The molecule has 1 atom stereocenters. The maximum atomic E-state index is 6.53. The van der Waals surface area contributed by atoms with Gasteiger partial charge in [0.05, 0.1) is 5.69 Å². The van der Waals surface area contributed by atoms with Gasteiger partial charge in [-0.1, -0.05) is 20.3 Å². The van der Waals surface area contributed by atoms with Crippen molar-refractivity contribution >= 4 is 0 Å². The molecule has 1 unspecified atom stereocenters. The Morgan fingerprint density at radius 2 is 2.20 bits per heavy atom. The largest absolute Gasteiger partial charge is 0.324 e. The van der Waals surface area contributed by atoms with E-state index in [4.69, 9.17) is 5.73 Å². The summed E-state index contributed by atoms with van der Waals surface area (Å²) in [6.07, 6.45) is 6.49. The van der Waals surface area contributed by atoms with Crippen molar-refractivity contribution in [1.82, 2.24) is 9.78 Å². The van der Waals surface area contributed by atoms with Crippen LogP contribution in [0.5, 0.6) is 0 Å². The molecular weight excluding hydrogens is 186 g/mol. The van der Waals surface area contributed by atoms with Crippen LogP contribution >= 0.6 is 0 Å². The van der Waals surface area contributed by atoms with Gasteiger partial charge in [0.25, 0.3) is 0 Å². The van der Waals surface area contributed by atoms with Crippen molar-refractivity contribution in [2.75, 3.05) is 0 Å². The van der Waals surface area contributed by atoms with Crippen LogP contribution in [0.1, 0.15) is 38.8 Å². The third kappa shape index (κ3) is 1.81. The van der Waals surface area contributed by atoms with Gasteiger partial charge >= 0.3 is 0 Å². The second-order valence-corrected chi connectivity index (χ2v) is 5.55. The molecule has 1 heterocycles. The van der Waals surface area contributed by atoms with Crippen molar-refractivity contribution in [3.05, 3.63) is 18.0 Å². The predicted octanol–water partition coefficient (Wildman–Crippen LogP) is 1.87. The van der Waals surface area contributed by atoms with Crippen LogP contribution in [0.25, 0.3) is 0 Å². The SMILES string of the molecule is Cn1ccc(CC2(N)CCCC2(C)C)n1. The van der Waals surface area contributed by atoms with Crippen LogP contribution in [-0.4, -0.2) is 15.3 Å². The summed E-state index contributed by atoms with van der Waals surface area (Å²) in [7, 11) is 1.95. The summed E-state index contributed by atoms with van der Waals surface area (Å²) in [4.78, 5) is 0. The van der Waals surface area contributed by atoms with E-state index < -0.39 is 0 Å². The minimum absolute atomic E-state index is 0.0681. The second-order valence-electron chi connectivity index (χ2n) is 5.55. The van der Waals surface area contributed by atoms with E-state index in [-0.39, 0.29) is 11.0 Å². The fraction of sp³-hybridized carbons (Fsp3) is 0.750. The lowest BCUT2D eigenvalue weighted by molar-refractivity contribution is 0.205. The van der Waals surface area contributed by atoms with Crippen molar-refractivity contribution in [2.24, 2.45) is 18.2 Å². The number of aromatic nitrogens is 2. The molecule has 0 aromatic carbocycles. The number of nitrogens with two attached hydrogens (primary N) is 1. The quantitative estimate of drug-likeness (QED) is 0.804. The van der Waals surface area contributed by atoms with Crippen LogP contribution in [0.2, 0.25) is 0 Å². The van der Waals surface area contributed by atoms with Crippen molar-refractivity contribution in [1.29, 1.82) is 0 Å². The van der Waals surface area contributed by atoms with E-state index in [9.17, 15) is 0 Å². The lowest BCUT2D eigenvalue weighted by atomic mass is 9.73. The Bertz CT molecular complexity index is 354. The molecule has 3 nitrogen and oxygen atoms in total. The summed E-state index contributed by atoms with van der Waals surface area (Å²) >= 11 is 0. The van der Waals surface area contributed by atoms with Crippen LogP contribution in [0, 0.1) is 5.41 Å². The molecule has 3 heteroatoms. The minimum atomic E-state index is -0.0681. The zero-order valence-corrected chi connectivity index (χ0v) is 9.95. The Morgan fingerprint density at radius 1 is 1.47 bits per heavy atom. The lowest BCUT2D eigenvalue weighted by Gasteiger charge is -2.37. The highest BCUT2D eigenvalue weighted by atomic mass is 15.2. The highest BCUT2D eigenvalue weighted by molar-refractivity contribution is 5.12. The first-order valence-electron chi connectivity index (χ1n) is 5.70. The van der Waals surface area contributed by atoms with Crippen LogP contribution < -0.4 is 5.73 Å². The fourth-order valence-corrected chi connectivity index (χ4v) is 2.64. The Labute approximate surface area is 91.7 Å². The van der Waals surface area contributed by atoms with Gasteiger partial charge in [0.15, 0.2) is 0 Å². The summed E-state index contributed by atoms with van der Waals surface area (Å²) in [5.41, 5.74) is 7.82. The molecule has 0 amide bonds. The third-order valence-corrected chi connectivity index (χ3v) is 4.04. The molecular formula is C12H21N3. The Kier molecular flexibility index (Phi) is 2.38. The first kappa shape index (κ1) is 10.7. The Morgan fingerprint density at radius 3 is 2.67 bits per heavy atom. The van der Waals surface area contributed by atoms with Gasteiger partial charge in [-0.25, -0.2) is 0 Å².